The van der Waals surface area contributed by atoms with Crippen LogP contribution in [-0.2, 0) is 5.60 Å². The van der Waals surface area contributed by atoms with Crippen LogP contribution in [0.25, 0.3) is 10.9 Å². The van der Waals surface area contributed by atoms with Crippen LogP contribution < -0.4 is 5.32 Å². The smallest absolute Gasteiger partial charge is 0.136 e. The average Bonchev–Trinajstić information content (AvgIpc) is 3.00. The van der Waals surface area contributed by atoms with E-state index >= 15 is 0 Å². The van der Waals surface area contributed by atoms with Crippen LogP contribution >= 0.6 is 15.9 Å². The van der Waals surface area contributed by atoms with Gasteiger partial charge in [0.05, 0.1) is 18.3 Å². The summed E-state index contributed by atoms with van der Waals surface area (Å²) in [6.45, 7) is 2.02. The molecule has 0 aliphatic rings. The number of aliphatic hydroxyl groups is 1. The molecule has 1 aromatic carbocycles. The third-order valence-corrected chi connectivity index (χ3v) is 3.81. The second-order valence-corrected chi connectivity index (χ2v) is 6.05. The predicted molar refractivity (Wildman–Crippen MR) is 86.2 cm³/mol. The molecule has 2 aromatic heterocycles. The highest BCUT2D eigenvalue weighted by Gasteiger charge is 2.25. The van der Waals surface area contributed by atoms with Gasteiger partial charge in [0, 0.05) is 9.86 Å². The largest absolute Gasteiger partial charge is 0.466 e. The summed E-state index contributed by atoms with van der Waals surface area (Å²) in [6.07, 6.45) is 1.55. The number of nitrogens with one attached hydrogen (secondary N) is 1. The molecule has 0 aliphatic heterocycles. The van der Waals surface area contributed by atoms with Crippen LogP contribution in [0, 0.1) is 0 Å². The molecule has 0 fully saturated rings. The van der Waals surface area contributed by atoms with Crippen LogP contribution in [-0.4, -0.2) is 16.6 Å². The number of aromatic nitrogens is 1. The van der Waals surface area contributed by atoms with Gasteiger partial charge in [0.1, 0.15) is 17.2 Å². The second-order valence-electron chi connectivity index (χ2n) is 5.14. The molecule has 0 spiro atoms. The number of nitrogens with zero attached hydrogens (tertiary/aromatic N) is 1. The molecule has 108 valence electrons. The monoisotopic (exact) mass is 346 g/mol. The molecule has 0 aliphatic carbocycles. The fourth-order valence-corrected chi connectivity index (χ4v) is 2.51. The Kier molecular flexibility index (Phi) is 3.69. The summed E-state index contributed by atoms with van der Waals surface area (Å²) in [5.41, 5.74) is -0.180. The number of pyridine rings is 1. The molecule has 2 N–H and O–H groups in total. The van der Waals surface area contributed by atoms with Crippen molar-refractivity contribution in [2.24, 2.45) is 0 Å². The van der Waals surface area contributed by atoms with Crippen molar-refractivity contribution in [3.05, 3.63) is 59.0 Å². The lowest BCUT2D eigenvalue weighted by atomic mass is 10.0. The minimum atomic E-state index is -1.08. The zero-order valence-corrected chi connectivity index (χ0v) is 13.1. The van der Waals surface area contributed by atoms with Crippen LogP contribution in [0.2, 0.25) is 0 Å². The normalized spacial score (nSPS) is 14.0. The highest BCUT2D eigenvalue weighted by Crippen LogP contribution is 2.23. The quantitative estimate of drug-likeness (QED) is 0.751. The SMILES string of the molecule is CC(O)(CNc1ccc2cc(Br)ccc2n1)c1ccco1. The number of benzene rings is 1. The van der Waals surface area contributed by atoms with Crippen LogP contribution in [0.4, 0.5) is 5.82 Å². The van der Waals surface area contributed by atoms with E-state index in [0.29, 0.717) is 12.3 Å². The van der Waals surface area contributed by atoms with Crippen LogP contribution in [0.3, 0.4) is 0 Å². The highest BCUT2D eigenvalue weighted by atomic mass is 79.9. The first kappa shape index (κ1) is 14.1. The van der Waals surface area contributed by atoms with Crippen molar-refractivity contribution in [3.8, 4) is 0 Å². The zero-order chi connectivity index (χ0) is 14.9. The Balaban J connectivity index is 1.78. The summed E-state index contributed by atoms with van der Waals surface area (Å²) in [4.78, 5) is 4.53. The molecule has 0 radical (unpaired) electrons. The summed E-state index contributed by atoms with van der Waals surface area (Å²) in [7, 11) is 0. The van der Waals surface area contributed by atoms with Gasteiger partial charge >= 0.3 is 0 Å². The lowest BCUT2D eigenvalue weighted by Crippen LogP contribution is -2.30. The van der Waals surface area contributed by atoms with Gasteiger partial charge in [-0.05, 0) is 49.4 Å². The average molecular weight is 347 g/mol. The molecule has 3 aromatic rings. The topological polar surface area (TPSA) is 58.3 Å². The standard InChI is InChI=1S/C16H15BrN2O2/c1-16(20,14-3-2-8-21-14)10-18-15-7-4-11-9-12(17)5-6-13(11)19-15/h2-9,20H,10H2,1H3,(H,18,19). The molecule has 21 heavy (non-hydrogen) atoms. The van der Waals surface area contributed by atoms with Crippen molar-refractivity contribution in [3.63, 3.8) is 0 Å². The molecule has 3 rings (SSSR count). The summed E-state index contributed by atoms with van der Waals surface area (Å²) in [5, 5.41) is 14.6. The van der Waals surface area contributed by atoms with Gasteiger partial charge in [-0.2, -0.15) is 0 Å². The summed E-state index contributed by atoms with van der Waals surface area (Å²) in [5.74, 6) is 1.25. The Labute approximate surface area is 130 Å². The molecular weight excluding hydrogens is 332 g/mol. The van der Waals surface area contributed by atoms with Gasteiger partial charge in [-0.3, -0.25) is 0 Å². The Morgan fingerprint density at radius 3 is 2.90 bits per heavy atom. The molecule has 0 saturated carbocycles. The summed E-state index contributed by atoms with van der Waals surface area (Å²) >= 11 is 3.44. The minimum Gasteiger partial charge on any atom is -0.466 e. The molecule has 5 heteroatoms. The maximum Gasteiger partial charge on any atom is 0.136 e. The molecule has 2 heterocycles. The van der Waals surface area contributed by atoms with E-state index in [4.69, 9.17) is 4.42 Å². The summed E-state index contributed by atoms with van der Waals surface area (Å²) in [6, 6.07) is 13.3. The van der Waals surface area contributed by atoms with Gasteiger partial charge in [0.25, 0.3) is 0 Å². The fourth-order valence-electron chi connectivity index (χ4n) is 2.13. The van der Waals surface area contributed by atoms with E-state index in [0.717, 1.165) is 21.2 Å². The van der Waals surface area contributed by atoms with E-state index in [1.54, 1.807) is 25.3 Å². The number of furan rings is 1. The van der Waals surface area contributed by atoms with Crippen LogP contribution in [0.5, 0.6) is 0 Å². The second kappa shape index (κ2) is 5.50. The molecule has 0 saturated heterocycles. The van der Waals surface area contributed by atoms with Crippen molar-refractivity contribution in [1.29, 1.82) is 0 Å². The van der Waals surface area contributed by atoms with Gasteiger partial charge in [-0.15, -0.1) is 0 Å². The van der Waals surface area contributed by atoms with Gasteiger partial charge in [0.2, 0.25) is 0 Å². The van der Waals surface area contributed by atoms with E-state index in [1.807, 2.05) is 30.3 Å². The highest BCUT2D eigenvalue weighted by molar-refractivity contribution is 9.10. The third kappa shape index (κ3) is 3.09. The Bertz CT molecular complexity index is 754. The van der Waals surface area contributed by atoms with E-state index in [1.165, 1.54) is 0 Å². The van der Waals surface area contributed by atoms with Gasteiger partial charge < -0.3 is 14.8 Å². The Morgan fingerprint density at radius 2 is 2.14 bits per heavy atom. The van der Waals surface area contributed by atoms with Crippen molar-refractivity contribution in [2.45, 2.75) is 12.5 Å². The van der Waals surface area contributed by atoms with Crippen LogP contribution in [0.15, 0.2) is 57.6 Å². The predicted octanol–water partition coefficient (Wildman–Crippen LogP) is 3.91. The minimum absolute atomic E-state index is 0.315. The number of anilines is 1. The van der Waals surface area contributed by atoms with Crippen molar-refractivity contribution < 1.29 is 9.52 Å². The Hall–Kier alpha value is -1.85. The van der Waals surface area contributed by atoms with Crippen LogP contribution in [0.1, 0.15) is 12.7 Å². The van der Waals surface area contributed by atoms with Gasteiger partial charge in [-0.25, -0.2) is 4.98 Å². The molecule has 1 unspecified atom stereocenters. The van der Waals surface area contributed by atoms with E-state index in [2.05, 4.69) is 26.2 Å². The number of hydrogen-bond donors (Lipinski definition) is 2. The third-order valence-electron chi connectivity index (χ3n) is 3.32. The summed E-state index contributed by atoms with van der Waals surface area (Å²) < 4.78 is 6.28. The first-order chi connectivity index (χ1) is 10.0. The van der Waals surface area contributed by atoms with E-state index < -0.39 is 5.60 Å². The molecule has 4 nitrogen and oxygen atoms in total. The first-order valence-electron chi connectivity index (χ1n) is 6.61. The van der Waals surface area contributed by atoms with Crippen molar-refractivity contribution in [2.75, 3.05) is 11.9 Å². The molecule has 0 bridgehead atoms. The lowest BCUT2D eigenvalue weighted by Gasteiger charge is -2.21. The maximum absolute atomic E-state index is 10.4. The zero-order valence-electron chi connectivity index (χ0n) is 11.5. The fraction of sp³-hybridized carbons (Fsp3) is 0.188. The van der Waals surface area contributed by atoms with Gasteiger partial charge in [-0.1, -0.05) is 15.9 Å². The number of fused-ring (bicyclic) bond motifs is 1. The molecule has 1 atom stereocenters. The number of rotatable bonds is 4. The van der Waals surface area contributed by atoms with E-state index in [-0.39, 0.29) is 0 Å². The Morgan fingerprint density at radius 1 is 1.29 bits per heavy atom. The maximum atomic E-state index is 10.4. The first-order valence-corrected chi connectivity index (χ1v) is 7.40. The van der Waals surface area contributed by atoms with Crippen molar-refractivity contribution in [1.82, 2.24) is 4.98 Å². The molecule has 0 amide bonds. The van der Waals surface area contributed by atoms with Crippen molar-refractivity contribution >= 4 is 32.7 Å². The number of halogens is 1. The number of hydrogen-bond acceptors (Lipinski definition) is 4. The lowest BCUT2D eigenvalue weighted by molar-refractivity contribution is 0.0476. The van der Waals surface area contributed by atoms with E-state index in [9.17, 15) is 5.11 Å². The molecular formula is C16H15BrN2O2. The van der Waals surface area contributed by atoms with Gasteiger partial charge in [0.15, 0.2) is 0 Å².